The number of nitrogens with zero attached hydrogens (tertiary/aromatic N) is 1. The summed E-state index contributed by atoms with van der Waals surface area (Å²) in [6, 6.07) is 16.4. The Bertz CT molecular complexity index is 1180. The Balaban J connectivity index is 1.37. The van der Waals surface area contributed by atoms with E-state index < -0.39 is 0 Å². The lowest BCUT2D eigenvalue weighted by atomic mass is 10.1. The van der Waals surface area contributed by atoms with Crippen molar-refractivity contribution in [1.29, 1.82) is 0 Å². The van der Waals surface area contributed by atoms with Crippen molar-refractivity contribution >= 4 is 40.3 Å². The molecule has 0 bridgehead atoms. The van der Waals surface area contributed by atoms with Gasteiger partial charge < -0.3 is 20.0 Å². The lowest BCUT2D eigenvalue weighted by Gasteiger charge is -2.10. The molecule has 0 aliphatic heterocycles. The van der Waals surface area contributed by atoms with Crippen LogP contribution < -0.4 is 10.6 Å². The Labute approximate surface area is 177 Å². The van der Waals surface area contributed by atoms with Gasteiger partial charge in [-0.3, -0.25) is 9.59 Å². The second kappa shape index (κ2) is 8.87. The number of fused-ring (bicyclic) bond motifs is 1. The van der Waals surface area contributed by atoms with Gasteiger partial charge in [-0.05, 0) is 48.9 Å². The van der Waals surface area contributed by atoms with E-state index in [0.29, 0.717) is 22.2 Å². The highest BCUT2D eigenvalue weighted by molar-refractivity contribution is 7.99. The van der Waals surface area contributed by atoms with Crippen LogP contribution in [0.4, 0.5) is 5.69 Å². The van der Waals surface area contributed by atoms with Crippen LogP contribution in [0.15, 0.2) is 70.4 Å². The third-order valence-electron chi connectivity index (χ3n) is 4.40. The largest absolute Gasteiger partial charge is 0.467 e. The van der Waals surface area contributed by atoms with E-state index in [1.54, 1.807) is 42.7 Å². The Hall–Kier alpha value is -3.52. The molecule has 4 rings (SSSR count). The Morgan fingerprint density at radius 2 is 2.00 bits per heavy atom. The number of nitrogens with one attached hydrogen (secondary N) is 3. The first-order valence-corrected chi connectivity index (χ1v) is 10.4. The number of aromatic nitrogens is 2. The summed E-state index contributed by atoms with van der Waals surface area (Å²) in [7, 11) is 0. The number of imidazole rings is 1. The number of H-pyrrole nitrogens is 1. The zero-order valence-electron chi connectivity index (χ0n) is 16.3. The normalized spacial score (nSPS) is 10.8. The number of thioether (sulfide) groups is 1. The van der Waals surface area contributed by atoms with Crippen LogP contribution in [0.5, 0.6) is 0 Å². The number of furan rings is 1. The predicted octanol–water partition coefficient (Wildman–Crippen LogP) is 4.13. The SMILES string of the molecule is Cc1ccc2nc(SCC(=O)Nc3ccccc3C(=O)NCc3ccco3)[nH]c2c1. The van der Waals surface area contributed by atoms with E-state index in [1.807, 2.05) is 25.1 Å². The van der Waals surface area contributed by atoms with Gasteiger partial charge in [0.15, 0.2) is 5.16 Å². The van der Waals surface area contributed by atoms with E-state index in [4.69, 9.17) is 4.42 Å². The van der Waals surface area contributed by atoms with E-state index in [2.05, 4.69) is 20.6 Å². The highest BCUT2D eigenvalue weighted by Gasteiger charge is 2.14. The maximum absolute atomic E-state index is 12.5. The minimum absolute atomic E-state index is 0.168. The van der Waals surface area contributed by atoms with Gasteiger partial charge in [-0.25, -0.2) is 4.98 Å². The topological polar surface area (TPSA) is 100 Å². The van der Waals surface area contributed by atoms with Crippen molar-refractivity contribution in [3.63, 3.8) is 0 Å². The molecule has 2 heterocycles. The summed E-state index contributed by atoms with van der Waals surface area (Å²) < 4.78 is 5.22. The maximum Gasteiger partial charge on any atom is 0.253 e. The molecule has 2 amide bonds. The average molecular weight is 420 g/mol. The van der Waals surface area contributed by atoms with Crippen molar-refractivity contribution in [1.82, 2.24) is 15.3 Å². The van der Waals surface area contributed by atoms with Crippen LogP contribution >= 0.6 is 11.8 Å². The number of rotatable bonds is 7. The van der Waals surface area contributed by atoms with Crippen LogP contribution in [-0.2, 0) is 11.3 Å². The van der Waals surface area contributed by atoms with Crippen LogP contribution in [0.2, 0.25) is 0 Å². The molecule has 152 valence electrons. The fraction of sp³-hybridized carbons (Fsp3) is 0.136. The molecule has 2 aromatic heterocycles. The summed E-state index contributed by atoms with van der Waals surface area (Å²) in [5.74, 6) is 0.314. The molecule has 2 aromatic carbocycles. The lowest BCUT2D eigenvalue weighted by Crippen LogP contribution is -2.25. The molecular formula is C22H20N4O3S. The molecule has 3 N–H and O–H groups in total. The summed E-state index contributed by atoms with van der Waals surface area (Å²) in [5.41, 5.74) is 3.79. The Morgan fingerprint density at radius 1 is 1.13 bits per heavy atom. The van der Waals surface area contributed by atoms with Gasteiger partial charge in [0.05, 0.1) is 40.8 Å². The molecule has 0 unspecified atom stereocenters. The van der Waals surface area contributed by atoms with Gasteiger partial charge in [0.25, 0.3) is 5.91 Å². The molecule has 0 radical (unpaired) electrons. The number of anilines is 1. The molecule has 0 saturated carbocycles. The van der Waals surface area contributed by atoms with E-state index in [1.165, 1.54) is 11.8 Å². The molecule has 0 saturated heterocycles. The van der Waals surface area contributed by atoms with Gasteiger partial charge in [0.1, 0.15) is 5.76 Å². The Kier molecular flexibility index (Phi) is 5.85. The Morgan fingerprint density at radius 3 is 2.83 bits per heavy atom. The van der Waals surface area contributed by atoms with Crippen LogP contribution in [0.3, 0.4) is 0 Å². The molecule has 30 heavy (non-hydrogen) atoms. The van der Waals surface area contributed by atoms with Crippen molar-refractivity contribution in [2.75, 3.05) is 11.1 Å². The summed E-state index contributed by atoms with van der Waals surface area (Å²) in [6.45, 7) is 2.29. The van der Waals surface area contributed by atoms with E-state index in [-0.39, 0.29) is 24.1 Å². The smallest absolute Gasteiger partial charge is 0.253 e. The molecule has 0 atom stereocenters. The third-order valence-corrected chi connectivity index (χ3v) is 5.28. The molecule has 0 aliphatic rings. The van der Waals surface area contributed by atoms with Crippen molar-refractivity contribution in [3.05, 3.63) is 77.7 Å². The van der Waals surface area contributed by atoms with Crippen LogP contribution in [0.25, 0.3) is 11.0 Å². The summed E-state index contributed by atoms with van der Waals surface area (Å²) in [4.78, 5) is 32.7. The second-order valence-corrected chi connectivity index (χ2v) is 7.67. The van der Waals surface area contributed by atoms with Crippen molar-refractivity contribution in [2.45, 2.75) is 18.6 Å². The molecule has 0 aliphatic carbocycles. The summed E-state index contributed by atoms with van der Waals surface area (Å²) in [5, 5.41) is 6.28. The number of hydrogen-bond acceptors (Lipinski definition) is 5. The maximum atomic E-state index is 12.5. The lowest BCUT2D eigenvalue weighted by molar-refractivity contribution is -0.113. The number of aromatic amines is 1. The first kappa shape index (κ1) is 19.8. The minimum atomic E-state index is -0.289. The van der Waals surface area contributed by atoms with Gasteiger partial charge in [-0.1, -0.05) is 30.0 Å². The third kappa shape index (κ3) is 4.72. The fourth-order valence-electron chi connectivity index (χ4n) is 2.95. The van der Waals surface area contributed by atoms with Crippen molar-refractivity contribution in [2.24, 2.45) is 0 Å². The van der Waals surface area contributed by atoms with Crippen LogP contribution in [0.1, 0.15) is 21.7 Å². The molecule has 7 nitrogen and oxygen atoms in total. The average Bonchev–Trinajstić information content (AvgIpc) is 3.40. The zero-order valence-corrected chi connectivity index (χ0v) is 17.1. The number of benzene rings is 2. The van der Waals surface area contributed by atoms with Gasteiger partial charge >= 0.3 is 0 Å². The monoisotopic (exact) mass is 420 g/mol. The molecule has 0 fully saturated rings. The van der Waals surface area contributed by atoms with Crippen molar-refractivity contribution < 1.29 is 14.0 Å². The molecule has 8 heteroatoms. The number of hydrogen-bond donors (Lipinski definition) is 3. The number of amides is 2. The fourth-order valence-corrected chi connectivity index (χ4v) is 3.64. The first-order valence-electron chi connectivity index (χ1n) is 9.37. The molecule has 4 aromatic rings. The van der Waals surface area contributed by atoms with E-state index in [9.17, 15) is 9.59 Å². The summed E-state index contributed by atoms with van der Waals surface area (Å²) >= 11 is 1.31. The first-order chi connectivity index (χ1) is 14.6. The van der Waals surface area contributed by atoms with Crippen LogP contribution in [-0.4, -0.2) is 27.5 Å². The quantitative estimate of drug-likeness (QED) is 0.391. The zero-order chi connectivity index (χ0) is 20.9. The second-order valence-electron chi connectivity index (χ2n) is 6.71. The van der Waals surface area contributed by atoms with Gasteiger partial charge in [-0.2, -0.15) is 0 Å². The van der Waals surface area contributed by atoms with Gasteiger partial charge in [0, 0.05) is 0 Å². The highest BCUT2D eigenvalue weighted by atomic mass is 32.2. The predicted molar refractivity (Wildman–Crippen MR) is 117 cm³/mol. The molecular weight excluding hydrogens is 400 g/mol. The standard InChI is InChI=1S/C22H20N4O3S/c1-14-8-9-18-19(11-14)26-22(25-18)30-13-20(27)24-17-7-3-2-6-16(17)21(28)23-12-15-5-4-10-29-15/h2-11H,12-13H2,1H3,(H,23,28)(H,24,27)(H,25,26). The summed E-state index contributed by atoms with van der Waals surface area (Å²) in [6.07, 6.45) is 1.55. The number of aryl methyl sites for hydroxylation is 1. The number of para-hydroxylation sites is 1. The van der Waals surface area contributed by atoms with Crippen LogP contribution in [0, 0.1) is 6.92 Å². The van der Waals surface area contributed by atoms with E-state index >= 15 is 0 Å². The minimum Gasteiger partial charge on any atom is -0.467 e. The van der Waals surface area contributed by atoms with Gasteiger partial charge in [0.2, 0.25) is 5.91 Å². The van der Waals surface area contributed by atoms with E-state index in [0.717, 1.165) is 16.6 Å². The molecule has 0 spiro atoms. The highest BCUT2D eigenvalue weighted by Crippen LogP contribution is 2.21. The number of carbonyl (C=O) groups excluding carboxylic acids is 2. The number of carbonyl (C=O) groups is 2. The van der Waals surface area contributed by atoms with Crippen molar-refractivity contribution in [3.8, 4) is 0 Å². The van der Waals surface area contributed by atoms with Gasteiger partial charge in [-0.15, -0.1) is 0 Å².